The highest BCUT2D eigenvalue weighted by atomic mass is 16.2. The van der Waals surface area contributed by atoms with Crippen molar-refractivity contribution in [3.63, 3.8) is 0 Å². The number of fused-ring (bicyclic) bond motifs is 3. The Kier molecular flexibility index (Phi) is 2.19. The molecule has 2 aliphatic rings. The van der Waals surface area contributed by atoms with Gasteiger partial charge in [-0.05, 0) is 18.1 Å². The van der Waals surface area contributed by atoms with Crippen molar-refractivity contribution >= 4 is 23.5 Å². The van der Waals surface area contributed by atoms with Crippen molar-refractivity contribution in [3.8, 4) is 0 Å². The van der Waals surface area contributed by atoms with Crippen LogP contribution in [0.3, 0.4) is 0 Å². The molecule has 92 valence electrons. The SMILES string of the molecule is CC(C)C1C(=O)N=C2c3ncccc3NC(=O)N21. The molecule has 0 saturated heterocycles. The van der Waals surface area contributed by atoms with E-state index in [2.05, 4.69) is 15.3 Å². The quantitative estimate of drug-likeness (QED) is 0.807. The van der Waals surface area contributed by atoms with E-state index in [-0.39, 0.29) is 17.9 Å². The number of nitrogens with one attached hydrogen (secondary N) is 1. The van der Waals surface area contributed by atoms with Gasteiger partial charge in [0.25, 0.3) is 5.91 Å². The maximum Gasteiger partial charge on any atom is 0.328 e. The van der Waals surface area contributed by atoms with Crippen LogP contribution in [-0.4, -0.2) is 33.7 Å². The molecule has 3 rings (SSSR count). The summed E-state index contributed by atoms with van der Waals surface area (Å²) in [5, 5.41) is 2.73. The van der Waals surface area contributed by atoms with Crippen LogP contribution in [-0.2, 0) is 4.79 Å². The third-order valence-electron chi connectivity index (χ3n) is 3.09. The maximum atomic E-state index is 12.1. The van der Waals surface area contributed by atoms with Crippen molar-refractivity contribution in [1.29, 1.82) is 0 Å². The van der Waals surface area contributed by atoms with Crippen LogP contribution in [0.2, 0.25) is 0 Å². The molecule has 0 spiro atoms. The number of carbonyl (C=O) groups is 2. The normalized spacial score (nSPS) is 21.6. The predicted octanol–water partition coefficient (Wildman–Crippen LogP) is 1.24. The van der Waals surface area contributed by atoms with Gasteiger partial charge in [0.1, 0.15) is 11.7 Å². The molecule has 0 radical (unpaired) electrons. The third kappa shape index (κ3) is 1.35. The minimum Gasteiger partial charge on any atom is -0.305 e. The number of rotatable bonds is 1. The van der Waals surface area contributed by atoms with Gasteiger partial charge in [0, 0.05) is 6.20 Å². The lowest BCUT2D eigenvalue weighted by Crippen LogP contribution is -2.50. The Labute approximate surface area is 104 Å². The van der Waals surface area contributed by atoms with Crippen LogP contribution in [0.1, 0.15) is 19.5 Å². The molecule has 3 amide bonds. The van der Waals surface area contributed by atoms with Crippen molar-refractivity contribution in [2.24, 2.45) is 10.9 Å². The van der Waals surface area contributed by atoms with Gasteiger partial charge in [0.15, 0.2) is 5.84 Å². The van der Waals surface area contributed by atoms with Crippen LogP contribution in [0.15, 0.2) is 23.3 Å². The zero-order valence-corrected chi connectivity index (χ0v) is 10.0. The Hall–Kier alpha value is -2.24. The summed E-state index contributed by atoms with van der Waals surface area (Å²) in [4.78, 5) is 33.5. The summed E-state index contributed by atoms with van der Waals surface area (Å²) in [6.45, 7) is 3.78. The number of aromatic nitrogens is 1. The topological polar surface area (TPSA) is 74.7 Å². The number of nitrogens with zero attached hydrogens (tertiary/aromatic N) is 3. The predicted molar refractivity (Wildman–Crippen MR) is 65.3 cm³/mol. The highest BCUT2D eigenvalue weighted by molar-refractivity contribution is 6.24. The van der Waals surface area contributed by atoms with E-state index in [1.807, 2.05) is 13.8 Å². The van der Waals surface area contributed by atoms with Crippen LogP contribution in [0.5, 0.6) is 0 Å². The highest BCUT2D eigenvalue weighted by Crippen LogP contribution is 2.29. The number of urea groups is 1. The van der Waals surface area contributed by atoms with E-state index < -0.39 is 6.04 Å². The van der Waals surface area contributed by atoms with Crippen molar-refractivity contribution in [2.75, 3.05) is 5.32 Å². The molecule has 1 aromatic heterocycles. The summed E-state index contributed by atoms with van der Waals surface area (Å²) in [5.41, 5.74) is 1.14. The van der Waals surface area contributed by atoms with Gasteiger partial charge in [-0.1, -0.05) is 13.8 Å². The van der Waals surface area contributed by atoms with Crippen molar-refractivity contribution in [3.05, 3.63) is 24.0 Å². The van der Waals surface area contributed by atoms with Crippen molar-refractivity contribution in [2.45, 2.75) is 19.9 Å². The Morgan fingerprint density at radius 1 is 1.39 bits per heavy atom. The number of hydrogen-bond acceptors (Lipinski definition) is 3. The number of hydrogen-bond donors (Lipinski definition) is 1. The first-order valence-corrected chi connectivity index (χ1v) is 5.77. The first-order valence-electron chi connectivity index (χ1n) is 5.77. The van der Waals surface area contributed by atoms with Crippen LogP contribution < -0.4 is 5.32 Å². The molecule has 1 unspecified atom stereocenters. The zero-order valence-electron chi connectivity index (χ0n) is 10.0. The van der Waals surface area contributed by atoms with Crippen molar-refractivity contribution < 1.29 is 9.59 Å². The van der Waals surface area contributed by atoms with E-state index in [9.17, 15) is 9.59 Å². The Bertz CT molecular complexity index is 579. The molecule has 2 aliphatic heterocycles. The first-order chi connectivity index (χ1) is 8.59. The Morgan fingerprint density at radius 3 is 2.89 bits per heavy atom. The minimum absolute atomic E-state index is 0.00904. The van der Waals surface area contributed by atoms with E-state index >= 15 is 0 Å². The van der Waals surface area contributed by atoms with E-state index in [0.717, 1.165) is 0 Å². The molecule has 6 nitrogen and oxygen atoms in total. The van der Waals surface area contributed by atoms with E-state index in [1.54, 1.807) is 18.3 Å². The fourth-order valence-corrected chi connectivity index (χ4v) is 2.30. The van der Waals surface area contributed by atoms with Crippen LogP contribution in [0.4, 0.5) is 10.5 Å². The molecule has 0 bridgehead atoms. The monoisotopic (exact) mass is 244 g/mol. The third-order valence-corrected chi connectivity index (χ3v) is 3.09. The summed E-state index contributed by atoms with van der Waals surface area (Å²) < 4.78 is 0. The standard InChI is InChI=1S/C12H12N4O2/c1-6(2)9-11(17)15-10-8-7(4-3-5-13-8)14-12(18)16(9)10/h3-6,9H,1-2H3,(H,14,18). The highest BCUT2D eigenvalue weighted by Gasteiger charge is 2.45. The second-order valence-electron chi connectivity index (χ2n) is 4.66. The molecular weight excluding hydrogens is 232 g/mol. The van der Waals surface area contributed by atoms with Crippen LogP contribution in [0.25, 0.3) is 0 Å². The number of carbonyl (C=O) groups excluding carboxylic acids is 2. The number of amidine groups is 1. The Balaban J connectivity index is 2.14. The fourth-order valence-electron chi connectivity index (χ4n) is 2.30. The van der Waals surface area contributed by atoms with Gasteiger partial charge < -0.3 is 5.32 Å². The summed E-state index contributed by atoms with van der Waals surface area (Å²) in [6.07, 6.45) is 1.62. The van der Waals surface area contributed by atoms with Gasteiger partial charge in [-0.3, -0.25) is 14.7 Å². The van der Waals surface area contributed by atoms with Gasteiger partial charge in [-0.2, -0.15) is 4.99 Å². The molecular formula is C12H12N4O2. The molecule has 1 N–H and O–H groups in total. The lowest BCUT2D eigenvalue weighted by atomic mass is 10.0. The minimum atomic E-state index is -0.532. The summed E-state index contributed by atoms with van der Waals surface area (Å²) in [6, 6.07) is 2.62. The van der Waals surface area contributed by atoms with E-state index in [1.165, 1.54) is 4.90 Å². The molecule has 0 fully saturated rings. The smallest absolute Gasteiger partial charge is 0.305 e. The van der Waals surface area contributed by atoms with E-state index in [0.29, 0.717) is 17.2 Å². The molecule has 1 atom stereocenters. The van der Waals surface area contributed by atoms with Gasteiger partial charge in [0.2, 0.25) is 0 Å². The van der Waals surface area contributed by atoms with Gasteiger partial charge in [-0.15, -0.1) is 0 Å². The number of anilines is 1. The molecule has 6 heteroatoms. The number of amides is 3. The number of aliphatic imine (C=N–C) groups is 1. The Morgan fingerprint density at radius 2 is 2.17 bits per heavy atom. The molecule has 1 aromatic rings. The van der Waals surface area contributed by atoms with Gasteiger partial charge in [-0.25, -0.2) is 4.79 Å². The lowest BCUT2D eigenvalue weighted by molar-refractivity contribution is -0.120. The fraction of sp³-hybridized carbons (Fsp3) is 0.333. The van der Waals surface area contributed by atoms with E-state index in [4.69, 9.17) is 0 Å². The van der Waals surface area contributed by atoms with Crippen molar-refractivity contribution in [1.82, 2.24) is 9.88 Å². The molecule has 0 aromatic carbocycles. The second kappa shape index (κ2) is 3.63. The average molecular weight is 244 g/mol. The van der Waals surface area contributed by atoms with Gasteiger partial charge >= 0.3 is 6.03 Å². The van der Waals surface area contributed by atoms with Crippen LogP contribution in [0, 0.1) is 5.92 Å². The summed E-state index contributed by atoms with van der Waals surface area (Å²) in [5.74, 6) is 0.0847. The molecule has 18 heavy (non-hydrogen) atoms. The average Bonchev–Trinajstić information content (AvgIpc) is 2.67. The number of pyridine rings is 1. The van der Waals surface area contributed by atoms with Crippen LogP contribution >= 0.6 is 0 Å². The molecule has 0 aliphatic carbocycles. The van der Waals surface area contributed by atoms with Gasteiger partial charge in [0.05, 0.1) is 5.69 Å². The summed E-state index contributed by atoms with van der Waals surface area (Å²) in [7, 11) is 0. The first kappa shape index (κ1) is 10.9. The maximum absolute atomic E-state index is 12.1. The second-order valence-corrected chi connectivity index (χ2v) is 4.66. The summed E-state index contributed by atoms with van der Waals surface area (Å²) >= 11 is 0. The molecule has 3 heterocycles. The largest absolute Gasteiger partial charge is 0.328 e. The molecule has 0 saturated carbocycles. The zero-order chi connectivity index (χ0) is 12.9. The lowest BCUT2D eigenvalue weighted by Gasteiger charge is -2.31.